The van der Waals surface area contributed by atoms with E-state index < -0.39 is 10.0 Å². The number of hydrogen-bond donors (Lipinski definition) is 1. The Kier molecular flexibility index (Phi) is 3.71. The van der Waals surface area contributed by atoms with Crippen LogP contribution >= 0.6 is 11.6 Å². The van der Waals surface area contributed by atoms with Crippen LogP contribution in [0.15, 0.2) is 53.4 Å². The summed E-state index contributed by atoms with van der Waals surface area (Å²) in [6.45, 7) is 0. The number of benzene rings is 2. The largest absolute Gasteiger partial charge is 0.240 e. The minimum Gasteiger partial charge on any atom is -0.214 e. The molecule has 2 rings (SSSR count). The molecule has 0 fully saturated rings. The van der Waals surface area contributed by atoms with Crippen LogP contribution in [0, 0.1) is 0 Å². The summed E-state index contributed by atoms with van der Waals surface area (Å²) in [6.07, 6.45) is 0. The molecule has 0 atom stereocenters. The van der Waals surface area contributed by atoms with Crippen LogP contribution < -0.4 is 4.72 Å². The molecule has 18 heavy (non-hydrogen) atoms. The molecule has 0 amide bonds. The third-order valence-electron chi connectivity index (χ3n) is 2.60. The normalized spacial score (nSPS) is 11.4. The SMILES string of the molecule is CNS(=O)(=O)c1ccc(Cl)c(-c2ccccc2)c1. The van der Waals surface area contributed by atoms with Crippen LogP contribution in [0.2, 0.25) is 5.02 Å². The van der Waals surface area contributed by atoms with Crippen molar-refractivity contribution in [2.45, 2.75) is 4.90 Å². The minimum atomic E-state index is -3.45. The zero-order valence-corrected chi connectivity index (χ0v) is 11.3. The molecule has 3 nitrogen and oxygen atoms in total. The van der Waals surface area contributed by atoms with Gasteiger partial charge in [-0.05, 0) is 30.8 Å². The summed E-state index contributed by atoms with van der Waals surface area (Å²) in [5, 5.41) is 0.524. The average molecular weight is 282 g/mol. The highest BCUT2D eigenvalue weighted by molar-refractivity contribution is 7.89. The van der Waals surface area contributed by atoms with E-state index in [9.17, 15) is 8.42 Å². The topological polar surface area (TPSA) is 46.2 Å². The first-order chi connectivity index (χ1) is 8.54. The third-order valence-corrected chi connectivity index (χ3v) is 4.34. The van der Waals surface area contributed by atoms with Crippen molar-refractivity contribution < 1.29 is 8.42 Å². The Morgan fingerprint density at radius 3 is 2.33 bits per heavy atom. The van der Waals surface area contributed by atoms with Crippen LogP contribution in [0.4, 0.5) is 0 Å². The van der Waals surface area contributed by atoms with Gasteiger partial charge in [0.25, 0.3) is 0 Å². The lowest BCUT2D eigenvalue weighted by atomic mass is 10.1. The van der Waals surface area contributed by atoms with Crippen molar-refractivity contribution in [3.05, 3.63) is 53.6 Å². The van der Waals surface area contributed by atoms with E-state index in [1.165, 1.54) is 13.1 Å². The Labute approximate surface area is 111 Å². The van der Waals surface area contributed by atoms with E-state index in [0.717, 1.165) is 5.56 Å². The van der Waals surface area contributed by atoms with Crippen LogP contribution in [0.5, 0.6) is 0 Å². The molecule has 0 bridgehead atoms. The fourth-order valence-corrected chi connectivity index (χ4v) is 2.61. The van der Waals surface area contributed by atoms with Crippen molar-refractivity contribution in [2.75, 3.05) is 7.05 Å². The van der Waals surface area contributed by atoms with Crippen LogP contribution in [-0.2, 0) is 10.0 Å². The maximum Gasteiger partial charge on any atom is 0.240 e. The minimum absolute atomic E-state index is 0.202. The second kappa shape index (κ2) is 5.10. The van der Waals surface area contributed by atoms with Crippen LogP contribution in [0.1, 0.15) is 0 Å². The van der Waals surface area contributed by atoms with Gasteiger partial charge in [0.1, 0.15) is 0 Å². The van der Waals surface area contributed by atoms with Gasteiger partial charge < -0.3 is 0 Å². The zero-order chi connectivity index (χ0) is 13.2. The standard InChI is InChI=1S/C13H12ClNO2S/c1-15-18(16,17)11-7-8-13(14)12(9-11)10-5-3-2-4-6-10/h2-9,15H,1H3. The summed E-state index contributed by atoms with van der Waals surface area (Å²) in [5.41, 5.74) is 1.59. The second-order valence-electron chi connectivity index (χ2n) is 3.72. The molecule has 0 radical (unpaired) electrons. The number of halogens is 1. The lowest BCUT2D eigenvalue weighted by Crippen LogP contribution is -2.18. The highest BCUT2D eigenvalue weighted by Gasteiger charge is 2.14. The fourth-order valence-electron chi connectivity index (χ4n) is 1.63. The Hall–Kier alpha value is -1.36. The van der Waals surface area contributed by atoms with E-state index in [4.69, 9.17) is 11.6 Å². The molecule has 1 N–H and O–H groups in total. The number of nitrogens with one attached hydrogen (secondary N) is 1. The number of sulfonamides is 1. The summed E-state index contributed by atoms with van der Waals surface area (Å²) >= 11 is 6.11. The molecule has 0 unspecified atom stereocenters. The molecule has 94 valence electrons. The van der Waals surface area contributed by atoms with Crippen LogP contribution in [-0.4, -0.2) is 15.5 Å². The molecule has 0 aliphatic heterocycles. The average Bonchev–Trinajstić information content (AvgIpc) is 2.40. The predicted octanol–water partition coefficient (Wildman–Crippen LogP) is 2.92. The predicted molar refractivity (Wildman–Crippen MR) is 73.1 cm³/mol. The zero-order valence-electron chi connectivity index (χ0n) is 9.72. The molecule has 5 heteroatoms. The van der Waals surface area contributed by atoms with E-state index in [1.54, 1.807) is 12.1 Å². The molecule has 2 aromatic carbocycles. The first kappa shape index (κ1) is 13.1. The molecule has 0 saturated heterocycles. The molecule has 0 aliphatic rings. The van der Waals surface area contributed by atoms with E-state index in [-0.39, 0.29) is 4.90 Å². The maximum atomic E-state index is 11.7. The summed E-state index contributed by atoms with van der Waals surface area (Å²) < 4.78 is 25.8. The van der Waals surface area contributed by atoms with Crippen molar-refractivity contribution >= 4 is 21.6 Å². The fraction of sp³-hybridized carbons (Fsp3) is 0.0769. The molecular weight excluding hydrogens is 270 g/mol. The number of hydrogen-bond acceptors (Lipinski definition) is 2. The van der Waals surface area contributed by atoms with Gasteiger partial charge in [0, 0.05) is 10.6 Å². The van der Waals surface area contributed by atoms with E-state index >= 15 is 0 Å². The molecule has 0 saturated carbocycles. The summed E-state index contributed by atoms with van der Waals surface area (Å²) in [7, 11) is -2.07. The van der Waals surface area contributed by atoms with Gasteiger partial charge in [-0.1, -0.05) is 41.9 Å². The molecule has 0 spiro atoms. The van der Waals surface area contributed by atoms with Gasteiger partial charge in [-0.3, -0.25) is 0 Å². The smallest absolute Gasteiger partial charge is 0.214 e. The first-order valence-electron chi connectivity index (χ1n) is 5.33. The Bertz CT molecular complexity index is 654. The maximum absolute atomic E-state index is 11.7. The van der Waals surface area contributed by atoms with Gasteiger partial charge in [-0.2, -0.15) is 0 Å². The van der Waals surface area contributed by atoms with Gasteiger partial charge in [0.05, 0.1) is 4.90 Å². The summed E-state index contributed by atoms with van der Waals surface area (Å²) in [4.78, 5) is 0.202. The van der Waals surface area contributed by atoms with Gasteiger partial charge in [0.15, 0.2) is 0 Å². The number of rotatable bonds is 3. The monoisotopic (exact) mass is 281 g/mol. The van der Waals surface area contributed by atoms with Crippen molar-refractivity contribution in [3.63, 3.8) is 0 Å². The highest BCUT2D eigenvalue weighted by Crippen LogP contribution is 2.29. The molecule has 0 aromatic heterocycles. The molecule has 0 aliphatic carbocycles. The quantitative estimate of drug-likeness (QED) is 0.940. The van der Waals surface area contributed by atoms with Gasteiger partial charge in [-0.25, -0.2) is 13.1 Å². The van der Waals surface area contributed by atoms with Gasteiger partial charge in [-0.15, -0.1) is 0 Å². The summed E-state index contributed by atoms with van der Waals surface area (Å²) in [6, 6.07) is 14.1. The summed E-state index contributed by atoms with van der Waals surface area (Å²) in [5.74, 6) is 0. The second-order valence-corrected chi connectivity index (χ2v) is 6.01. The first-order valence-corrected chi connectivity index (χ1v) is 7.19. The van der Waals surface area contributed by atoms with Crippen molar-refractivity contribution in [1.82, 2.24) is 4.72 Å². The Morgan fingerprint density at radius 2 is 1.72 bits per heavy atom. The molecule has 2 aromatic rings. The van der Waals surface area contributed by atoms with Crippen molar-refractivity contribution in [1.29, 1.82) is 0 Å². The van der Waals surface area contributed by atoms with Crippen molar-refractivity contribution in [2.24, 2.45) is 0 Å². The van der Waals surface area contributed by atoms with Gasteiger partial charge >= 0.3 is 0 Å². The lowest BCUT2D eigenvalue weighted by molar-refractivity contribution is 0.588. The lowest BCUT2D eigenvalue weighted by Gasteiger charge is -2.08. The van der Waals surface area contributed by atoms with E-state index in [2.05, 4.69) is 4.72 Å². The van der Waals surface area contributed by atoms with Crippen molar-refractivity contribution in [3.8, 4) is 11.1 Å². The Morgan fingerprint density at radius 1 is 1.06 bits per heavy atom. The third kappa shape index (κ3) is 2.56. The van der Waals surface area contributed by atoms with Crippen LogP contribution in [0.3, 0.4) is 0 Å². The van der Waals surface area contributed by atoms with Crippen LogP contribution in [0.25, 0.3) is 11.1 Å². The molecule has 0 heterocycles. The highest BCUT2D eigenvalue weighted by atomic mass is 35.5. The molecular formula is C13H12ClNO2S. The van der Waals surface area contributed by atoms with E-state index in [0.29, 0.717) is 10.6 Å². The van der Waals surface area contributed by atoms with E-state index in [1.807, 2.05) is 30.3 Å². The van der Waals surface area contributed by atoms with Gasteiger partial charge in [0.2, 0.25) is 10.0 Å². The Balaban J connectivity index is 2.60.